The van der Waals surface area contributed by atoms with Crippen molar-refractivity contribution in [3.63, 3.8) is 0 Å². The zero-order valence-electron chi connectivity index (χ0n) is 7.97. The van der Waals surface area contributed by atoms with E-state index in [0.717, 1.165) is 0 Å². The Morgan fingerprint density at radius 1 is 1.29 bits per heavy atom. The van der Waals surface area contributed by atoms with Crippen LogP contribution in [0.5, 0.6) is 5.75 Å². The Labute approximate surface area is 82.9 Å². The maximum absolute atomic E-state index is 8.95. The summed E-state index contributed by atoms with van der Waals surface area (Å²) in [4.78, 5) is 0. The van der Waals surface area contributed by atoms with Crippen LogP contribution in [0.25, 0.3) is 0 Å². The van der Waals surface area contributed by atoms with Crippen LogP contribution in [-0.2, 0) is 6.61 Å². The highest BCUT2D eigenvalue weighted by molar-refractivity contribution is 6.58. The van der Waals surface area contributed by atoms with Gasteiger partial charge < -0.3 is 19.9 Å². The molecule has 5 heteroatoms. The second kappa shape index (κ2) is 5.00. The number of benzene rings is 1. The number of hydrogen-bond donors (Lipinski definition) is 3. The molecule has 0 radical (unpaired) electrons. The van der Waals surface area contributed by atoms with E-state index in [1.54, 1.807) is 6.07 Å². The number of aliphatic hydroxyl groups is 1. The Balaban J connectivity index is 3.00. The lowest BCUT2D eigenvalue weighted by Gasteiger charge is -2.08. The zero-order chi connectivity index (χ0) is 10.6. The van der Waals surface area contributed by atoms with Crippen molar-refractivity contribution in [3.05, 3.63) is 23.8 Å². The van der Waals surface area contributed by atoms with Crippen LogP contribution < -0.4 is 10.2 Å². The van der Waals surface area contributed by atoms with Gasteiger partial charge in [-0.1, -0.05) is 6.07 Å². The molecule has 0 bridgehead atoms. The average Bonchev–Trinajstić information content (AvgIpc) is 2.17. The minimum atomic E-state index is -1.54. The fourth-order valence-corrected chi connectivity index (χ4v) is 1.18. The van der Waals surface area contributed by atoms with E-state index in [1.165, 1.54) is 12.1 Å². The van der Waals surface area contributed by atoms with Gasteiger partial charge >= 0.3 is 7.12 Å². The van der Waals surface area contributed by atoms with Gasteiger partial charge in [-0.25, -0.2) is 0 Å². The molecule has 14 heavy (non-hydrogen) atoms. The average molecular weight is 196 g/mol. The summed E-state index contributed by atoms with van der Waals surface area (Å²) in [6.45, 7) is 2.18. The van der Waals surface area contributed by atoms with Crippen molar-refractivity contribution in [3.8, 4) is 5.75 Å². The molecule has 1 aromatic carbocycles. The van der Waals surface area contributed by atoms with Gasteiger partial charge in [0.1, 0.15) is 5.75 Å². The van der Waals surface area contributed by atoms with Gasteiger partial charge in [0.25, 0.3) is 0 Å². The second-order valence-corrected chi connectivity index (χ2v) is 2.88. The standard InChI is InChI=1S/C9H13BO4/c1-2-14-9-4-7(6-11)3-8(5-9)10(12)13/h3-5,11-13H,2,6H2,1H3. The summed E-state index contributed by atoms with van der Waals surface area (Å²) in [5.74, 6) is 0.530. The molecular weight excluding hydrogens is 183 g/mol. The maximum atomic E-state index is 8.95. The van der Waals surface area contributed by atoms with E-state index >= 15 is 0 Å². The molecule has 0 atom stereocenters. The normalized spacial score (nSPS) is 10.0. The molecule has 0 saturated carbocycles. The van der Waals surface area contributed by atoms with E-state index in [1.807, 2.05) is 6.92 Å². The molecule has 0 aliphatic heterocycles. The predicted molar refractivity (Wildman–Crippen MR) is 53.4 cm³/mol. The zero-order valence-corrected chi connectivity index (χ0v) is 7.97. The van der Waals surface area contributed by atoms with Crippen molar-refractivity contribution in [1.29, 1.82) is 0 Å². The number of rotatable bonds is 4. The summed E-state index contributed by atoms with van der Waals surface area (Å²) in [6, 6.07) is 4.72. The van der Waals surface area contributed by atoms with Gasteiger partial charge in [-0.15, -0.1) is 0 Å². The monoisotopic (exact) mass is 196 g/mol. The van der Waals surface area contributed by atoms with E-state index in [0.29, 0.717) is 23.4 Å². The molecule has 0 aliphatic rings. The van der Waals surface area contributed by atoms with Gasteiger partial charge in [-0.2, -0.15) is 0 Å². The topological polar surface area (TPSA) is 69.9 Å². The van der Waals surface area contributed by atoms with E-state index in [2.05, 4.69) is 0 Å². The molecule has 0 spiro atoms. The Kier molecular flexibility index (Phi) is 3.94. The molecule has 76 valence electrons. The third-order valence-electron chi connectivity index (χ3n) is 1.78. The molecule has 0 aromatic heterocycles. The van der Waals surface area contributed by atoms with Gasteiger partial charge in [0.05, 0.1) is 13.2 Å². The third kappa shape index (κ3) is 2.73. The number of aliphatic hydroxyl groups excluding tert-OH is 1. The minimum absolute atomic E-state index is 0.152. The predicted octanol–water partition coefficient (Wildman–Crippen LogP) is -0.743. The first-order valence-electron chi connectivity index (χ1n) is 4.41. The number of hydrogen-bond acceptors (Lipinski definition) is 4. The van der Waals surface area contributed by atoms with Crippen LogP contribution in [0.4, 0.5) is 0 Å². The van der Waals surface area contributed by atoms with Crippen LogP contribution in [0.1, 0.15) is 12.5 Å². The van der Waals surface area contributed by atoms with Crippen LogP contribution in [0, 0.1) is 0 Å². The van der Waals surface area contributed by atoms with E-state index < -0.39 is 7.12 Å². The molecule has 0 heterocycles. The third-order valence-corrected chi connectivity index (χ3v) is 1.78. The lowest BCUT2D eigenvalue weighted by Crippen LogP contribution is -2.30. The second-order valence-electron chi connectivity index (χ2n) is 2.88. The Morgan fingerprint density at radius 2 is 2.00 bits per heavy atom. The molecule has 4 nitrogen and oxygen atoms in total. The molecule has 0 fully saturated rings. The van der Waals surface area contributed by atoms with Crippen LogP contribution in [0.15, 0.2) is 18.2 Å². The Bertz CT molecular complexity index is 301. The van der Waals surface area contributed by atoms with Crippen molar-refractivity contribution in [2.45, 2.75) is 13.5 Å². The van der Waals surface area contributed by atoms with Crippen molar-refractivity contribution < 1.29 is 19.9 Å². The lowest BCUT2D eigenvalue weighted by molar-refractivity contribution is 0.280. The van der Waals surface area contributed by atoms with Crippen LogP contribution in [-0.4, -0.2) is 28.9 Å². The SMILES string of the molecule is CCOc1cc(CO)cc(B(O)O)c1. The van der Waals surface area contributed by atoms with Gasteiger partial charge in [0.2, 0.25) is 0 Å². The quantitative estimate of drug-likeness (QED) is 0.554. The summed E-state index contributed by atoms with van der Waals surface area (Å²) in [6.07, 6.45) is 0. The smallest absolute Gasteiger partial charge is 0.488 e. The van der Waals surface area contributed by atoms with Gasteiger partial charge in [0.15, 0.2) is 0 Å². The highest BCUT2D eigenvalue weighted by Crippen LogP contribution is 2.12. The van der Waals surface area contributed by atoms with E-state index in [-0.39, 0.29) is 6.61 Å². The highest BCUT2D eigenvalue weighted by Gasteiger charge is 2.13. The number of ether oxygens (including phenoxy) is 1. The molecule has 1 aromatic rings. The first kappa shape index (κ1) is 11.0. The molecule has 3 N–H and O–H groups in total. The molecular formula is C9H13BO4. The molecule has 0 aliphatic carbocycles. The van der Waals surface area contributed by atoms with Gasteiger partial charge in [-0.3, -0.25) is 0 Å². The summed E-state index contributed by atoms with van der Waals surface area (Å²) >= 11 is 0. The summed E-state index contributed by atoms with van der Waals surface area (Å²) in [5, 5.41) is 26.8. The molecule has 0 amide bonds. The van der Waals surface area contributed by atoms with Gasteiger partial charge in [0, 0.05) is 0 Å². The van der Waals surface area contributed by atoms with Crippen LogP contribution in [0.3, 0.4) is 0 Å². The van der Waals surface area contributed by atoms with E-state index in [9.17, 15) is 0 Å². The fourth-order valence-electron chi connectivity index (χ4n) is 1.18. The summed E-state index contributed by atoms with van der Waals surface area (Å²) in [7, 11) is -1.54. The van der Waals surface area contributed by atoms with Crippen LogP contribution >= 0.6 is 0 Å². The molecule has 0 saturated heterocycles. The summed E-state index contributed by atoms with van der Waals surface area (Å²) in [5.41, 5.74) is 0.916. The Hall–Kier alpha value is -1.04. The first-order chi connectivity index (χ1) is 6.67. The largest absolute Gasteiger partial charge is 0.494 e. The van der Waals surface area contributed by atoms with Crippen LogP contribution in [0.2, 0.25) is 0 Å². The maximum Gasteiger partial charge on any atom is 0.488 e. The first-order valence-corrected chi connectivity index (χ1v) is 4.41. The Morgan fingerprint density at radius 3 is 2.50 bits per heavy atom. The summed E-state index contributed by atoms with van der Waals surface area (Å²) < 4.78 is 5.21. The molecule has 1 rings (SSSR count). The van der Waals surface area contributed by atoms with Crippen molar-refractivity contribution in [2.75, 3.05) is 6.61 Å². The van der Waals surface area contributed by atoms with E-state index in [4.69, 9.17) is 19.9 Å². The highest BCUT2D eigenvalue weighted by atomic mass is 16.5. The van der Waals surface area contributed by atoms with Crippen molar-refractivity contribution in [2.24, 2.45) is 0 Å². The minimum Gasteiger partial charge on any atom is -0.494 e. The van der Waals surface area contributed by atoms with Crippen molar-refractivity contribution in [1.82, 2.24) is 0 Å². The van der Waals surface area contributed by atoms with Gasteiger partial charge in [-0.05, 0) is 30.1 Å². The molecule has 0 unspecified atom stereocenters. The lowest BCUT2D eigenvalue weighted by atomic mass is 9.79. The van der Waals surface area contributed by atoms with Crippen molar-refractivity contribution >= 4 is 12.6 Å². The fraction of sp³-hybridized carbons (Fsp3) is 0.333.